The van der Waals surface area contributed by atoms with E-state index in [1.54, 1.807) is 4.57 Å². The highest BCUT2D eigenvalue weighted by atomic mass is 16.3. The van der Waals surface area contributed by atoms with Crippen molar-refractivity contribution in [1.82, 2.24) is 14.8 Å². The minimum atomic E-state index is -0.426. The van der Waals surface area contributed by atoms with Gasteiger partial charge in [-0.3, -0.25) is 4.57 Å². The molecule has 5 nitrogen and oxygen atoms in total. The number of hydrogen-bond acceptors (Lipinski definition) is 4. The van der Waals surface area contributed by atoms with E-state index in [0.29, 0.717) is 23.2 Å². The molecule has 1 aromatic heterocycles. The van der Waals surface area contributed by atoms with Crippen LogP contribution < -0.4 is 5.32 Å². The van der Waals surface area contributed by atoms with Crippen molar-refractivity contribution in [3.05, 3.63) is 11.6 Å². The lowest BCUT2D eigenvalue weighted by molar-refractivity contribution is 0.188. The van der Waals surface area contributed by atoms with Gasteiger partial charge in [-0.2, -0.15) is 0 Å². The predicted octanol–water partition coefficient (Wildman–Crippen LogP) is 8.14. The van der Waals surface area contributed by atoms with Crippen molar-refractivity contribution in [3.63, 3.8) is 0 Å². The van der Waals surface area contributed by atoms with Crippen molar-refractivity contribution in [2.24, 2.45) is 28.6 Å². The molecule has 2 unspecified atom stereocenters. The SMILES string of the molecule is CC(C)CN(CCC(C)(C)NCCC(C)(C)n1c(O)cc(C(C)(C)CC2(C)CC2C(C)(C)C)c1O)CC(C)C. The predicted molar refractivity (Wildman–Crippen MR) is 168 cm³/mol. The van der Waals surface area contributed by atoms with Crippen LogP contribution in [0, 0.1) is 28.6 Å². The number of aromatic hydroxyl groups is 2. The molecular weight excluding hydrogens is 482 g/mol. The van der Waals surface area contributed by atoms with Crippen LogP contribution in [0.3, 0.4) is 0 Å². The Bertz CT molecular complexity index is 925. The number of rotatable bonds is 15. The third-order valence-corrected chi connectivity index (χ3v) is 9.17. The fourth-order valence-corrected chi connectivity index (χ4v) is 7.28. The Hall–Kier alpha value is -1.20. The third-order valence-electron chi connectivity index (χ3n) is 9.17. The first-order valence-electron chi connectivity index (χ1n) is 15.6. The molecule has 39 heavy (non-hydrogen) atoms. The monoisotopic (exact) mass is 548 g/mol. The van der Waals surface area contributed by atoms with Crippen LogP contribution in [0.4, 0.5) is 0 Å². The summed E-state index contributed by atoms with van der Waals surface area (Å²) in [6.45, 7) is 36.0. The zero-order chi connectivity index (χ0) is 30.2. The Morgan fingerprint density at radius 2 is 1.49 bits per heavy atom. The van der Waals surface area contributed by atoms with E-state index >= 15 is 0 Å². The number of hydrogen-bond donors (Lipinski definition) is 3. The molecular formula is C34H65N3O2. The van der Waals surface area contributed by atoms with Crippen LogP contribution in [-0.4, -0.2) is 51.4 Å². The Kier molecular flexibility index (Phi) is 10.4. The Labute approximate surface area is 242 Å². The molecule has 0 radical (unpaired) electrons. The molecule has 2 atom stereocenters. The summed E-state index contributed by atoms with van der Waals surface area (Å²) in [6, 6.07) is 1.81. The van der Waals surface area contributed by atoms with Crippen molar-refractivity contribution >= 4 is 0 Å². The molecule has 3 N–H and O–H groups in total. The van der Waals surface area contributed by atoms with Crippen molar-refractivity contribution in [1.29, 1.82) is 0 Å². The fourth-order valence-electron chi connectivity index (χ4n) is 7.28. The van der Waals surface area contributed by atoms with Gasteiger partial charge in [0, 0.05) is 35.8 Å². The van der Waals surface area contributed by atoms with Crippen LogP contribution in [0.5, 0.6) is 11.8 Å². The minimum absolute atomic E-state index is 0.0134. The fraction of sp³-hybridized carbons (Fsp3) is 0.882. The highest BCUT2D eigenvalue weighted by Crippen LogP contribution is 2.65. The molecule has 1 aromatic rings. The zero-order valence-corrected chi connectivity index (χ0v) is 28.3. The summed E-state index contributed by atoms with van der Waals surface area (Å²) in [4.78, 5) is 2.60. The van der Waals surface area contributed by atoms with Gasteiger partial charge in [-0.1, -0.05) is 69.2 Å². The number of aromatic nitrogens is 1. The van der Waals surface area contributed by atoms with E-state index in [9.17, 15) is 10.2 Å². The van der Waals surface area contributed by atoms with Gasteiger partial charge in [0.05, 0.1) is 0 Å². The quantitative estimate of drug-likeness (QED) is 0.207. The van der Waals surface area contributed by atoms with Gasteiger partial charge in [-0.05, 0) is 100 Å². The smallest absolute Gasteiger partial charge is 0.198 e. The molecule has 1 heterocycles. The Morgan fingerprint density at radius 1 is 0.949 bits per heavy atom. The molecule has 1 aliphatic rings. The third kappa shape index (κ3) is 9.15. The topological polar surface area (TPSA) is 60.7 Å². The normalized spacial score (nSPS) is 21.0. The maximum absolute atomic E-state index is 11.4. The molecule has 0 bridgehead atoms. The average Bonchev–Trinajstić information content (AvgIpc) is 3.28. The van der Waals surface area contributed by atoms with Gasteiger partial charge < -0.3 is 20.4 Å². The van der Waals surface area contributed by atoms with Crippen molar-refractivity contribution in [2.75, 3.05) is 26.2 Å². The summed E-state index contributed by atoms with van der Waals surface area (Å²) in [7, 11) is 0. The minimum Gasteiger partial charge on any atom is -0.494 e. The van der Waals surface area contributed by atoms with Gasteiger partial charge in [0.25, 0.3) is 0 Å². The molecule has 0 amide bonds. The van der Waals surface area contributed by atoms with E-state index < -0.39 is 5.54 Å². The van der Waals surface area contributed by atoms with Gasteiger partial charge >= 0.3 is 0 Å². The number of nitrogens with zero attached hydrogens (tertiary/aromatic N) is 2. The lowest BCUT2D eigenvalue weighted by Gasteiger charge is -2.34. The second-order valence-corrected chi connectivity index (χ2v) is 17.1. The van der Waals surface area contributed by atoms with E-state index in [1.165, 1.54) is 6.42 Å². The maximum Gasteiger partial charge on any atom is 0.198 e. The highest BCUT2D eigenvalue weighted by Gasteiger charge is 2.57. The second-order valence-electron chi connectivity index (χ2n) is 17.1. The summed E-state index contributed by atoms with van der Waals surface area (Å²) >= 11 is 0. The molecule has 0 spiro atoms. The maximum atomic E-state index is 11.4. The van der Waals surface area contributed by atoms with Crippen LogP contribution in [0.15, 0.2) is 6.07 Å². The summed E-state index contributed by atoms with van der Waals surface area (Å²) in [6.07, 6.45) is 4.12. The second kappa shape index (κ2) is 12.0. The van der Waals surface area contributed by atoms with Crippen LogP contribution in [0.25, 0.3) is 0 Å². The van der Waals surface area contributed by atoms with E-state index in [0.717, 1.165) is 51.0 Å². The Morgan fingerprint density at radius 3 is 1.95 bits per heavy atom. The highest BCUT2D eigenvalue weighted by molar-refractivity contribution is 5.42. The molecule has 0 aromatic carbocycles. The standard InChI is InChI=1S/C34H65N3O2/c1-24(2)21-36(22-25(3)4)18-16-32(10,11)35-17-15-33(12,13)37-28(38)19-26(29(37)39)31(8,9)23-34(14)20-27(34)30(5,6)7/h19,24-25,27,35,38-39H,15-18,20-23H2,1-14H3. The molecule has 1 saturated carbocycles. The van der Waals surface area contributed by atoms with Gasteiger partial charge in [0.1, 0.15) is 0 Å². The zero-order valence-electron chi connectivity index (χ0n) is 28.3. The Balaban J connectivity index is 2.05. The van der Waals surface area contributed by atoms with Crippen molar-refractivity contribution < 1.29 is 10.2 Å². The van der Waals surface area contributed by atoms with E-state index in [2.05, 4.69) is 107 Å². The van der Waals surface area contributed by atoms with Crippen LogP contribution in [0.2, 0.25) is 0 Å². The molecule has 1 fully saturated rings. The van der Waals surface area contributed by atoms with Gasteiger partial charge in [-0.15, -0.1) is 0 Å². The van der Waals surface area contributed by atoms with Gasteiger partial charge in [-0.25, -0.2) is 0 Å². The van der Waals surface area contributed by atoms with E-state index in [1.807, 2.05) is 6.07 Å². The van der Waals surface area contributed by atoms with Crippen LogP contribution >= 0.6 is 0 Å². The van der Waals surface area contributed by atoms with Gasteiger partial charge in [0.15, 0.2) is 11.8 Å². The average molecular weight is 548 g/mol. The van der Waals surface area contributed by atoms with Crippen molar-refractivity contribution in [3.8, 4) is 11.8 Å². The lowest BCUT2D eigenvalue weighted by Crippen LogP contribution is -2.45. The number of nitrogens with one attached hydrogen (secondary N) is 1. The summed E-state index contributed by atoms with van der Waals surface area (Å²) in [5, 5.41) is 26.3. The van der Waals surface area contributed by atoms with Crippen LogP contribution in [0.1, 0.15) is 128 Å². The molecule has 2 rings (SSSR count). The lowest BCUT2D eigenvalue weighted by atomic mass is 9.73. The molecule has 0 aliphatic heterocycles. The molecule has 228 valence electrons. The molecule has 5 heteroatoms. The first-order valence-corrected chi connectivity index (χ1v) is 15.6. The van der Waals surface area contributed by atoms with Crippen LogP contribution in [-0.2, 0) is 11.0 Å². The van der Waals surface area contributed by atoms with E-state index in [-0.39, 0.29) is 28.1 Å². The summed E-state index contributed by atoms with van der Waals surface area (Å²) < 4.78 is 1.75. The van der Waals surface area contributed by atoms with E-state index in [4.69, 9.17) is 0 Å². The largest absolute Gasteiger partial charge is 0.494 e. The van der Waals surface area contributed by atoms with Crippen molar-refractivity contribution in [2.45, 2.75) is 139 Å². The molecule has 1 aliphatic carbocycles. The summed E-state index contributed by atoms with van der Waals surface area (Å²) in [5.74, 6) is 2.41. The molecule has 0 saturated heterocycles. The van der Waals surface area contributed by atoms with Gasteiger partial charge in [0.2, 0.25) is 0 Å². The first-order chi connectivity index (χ1) is 17.5. The summed E-state index contributed by atoms with van der Waals surface area (Å²) in [5.41, 5.74) is 0.791. The first kappa shape index (κ1) is 34.0.